The van der Waals surface area contributed by atoms with E-state index in [1.54, 1.807) is 0 Å². The van der Waals surface area contributed by atoms with Gasteiger partial charge in [-0.05, 0) is 25.0 Å². The van der Waals surface area contributed by atoms with Gasteiger partial charge < -0.3 is 14.7 Å². The van der Waals surface area contributed by atoms with Gasteiger partial charge in [0, 0.05) is 25.9 Å². The normalized spacial score (nSPS) is 17.2. The van der Waals surface area contributed by atoms with Crippen LogP contribution in [0.2, 0.25) is 0 Å². The molecule has 0 bridgehead atoms. The molecule has 1 aliphatic heterocycles. The van der Waals surface area contributed by atoms with Gasteiger partial charge >= 0.3 is 0 Å². The predicted octanol–water partition coefficient (Wildman–Crippen LogP) is 2.75. The van der Waals surface area contributed by atoms with Crippen molar-refractivity contribution in [3.63, 3.8) is 0 Å². The molecule has 1 aliphatic rings. The SMILES string of the molecule is CCN(CCc1nc2ccccc2[nH]1)C(=O)C1CC(C(C)C)=NO1. The predicted molar refractivity (Wildman–Crippen MR) is 93.8 cm³/mol. The van der Waals surface area contributed by atoms with E-state index in [0.717, 1.165) is 22.6 Å². The average Bonchev–Trinajstić information content (AvgIpc) is 3.22. The minimum atomic E-state index is -0.474. The third kappa shape index (κ3) is 3.42. The molecule has 2 heterocycles. The fourth-order valence-electron chi connectivity index (χ4n) is 2.86. The number of para-hydroxylation sites is 2. The fraction of sp³-hybridized carbons (Fsp3) is 0.500. The Labute approximate surface area is 141 Å². The van der Waals surface area contributed by atoms with Gasteiger partial charge in [-0.3, -0.25) is 4.79 Å². The van der Waals surface area contributed by atoms with E-state index in [1.165, 1.54) is 0 Å². The van der Waals surface area contributed by atoms with Crippen LogP contribution in [0.1, 0.15) is 33.0 Å². The Balaban J connectivity index is 1.59. The number of benzene rings is 1. The van der Waals surface area contributed by atoms with Crippen molar-refractivity contribution in [3.8, 4) is 0 Å². The van der Waals surface area contributed by atoms with E-state index >= 15 is 0 Å². The Morgan fingerprint density at radius 3 is 2.88 bits per heavy atom. The van der Waals surface area contributed by atoms with Crippen molar-refractivity contribution in [2.45, 2.75) is 39.7 Å². The number of hydrogen-bond acceptors (Lipinski definition) is 4. The standard InChI is InChI=1S/C18H24N4O2/c1-4-22(18(23)16-11-15(12(2)3)21-24-16)10-9-17-19-13-7-5-6-8-14(13)20-17/h5-8,12,16H,4,9-11H2,1-3H3,(H,19,20). The lowest BCUT2D eigenvalue weighted by Crippen LogP contribution is -2.40. The molecule has 0 saturated heterocycles. The summed E-state index contributed by atoms with van der Waals surface area (Å²) in [7, 11) is 0. The molecule has 1 unspecified atom stereocenters. The molecule has 0 aliphatic carbocycles. The first-order chi connectivity index (χ1) is 11.6. The number of nitrogens with zero attached hydrogens (tertiary/aromatic N) is 3. The van der Waals surface area contributed by atoms with Crippen LogP contribution in [0.5, 0.6) is 0 Å². The molecular formula is C18H24N4O2. The molecule has 2 aromatic rings. The van der Waals surface area contributed by atoms with Crippen LogP contribution in [-0.2, 0) is 16.1 Å². The fourth-order valence-corrected chi connectivity index (χ4v) is 2.86. The third-order valence-corrected chi connectivity index (χ3v) is 4.38. The number of fused-ring (bicyclic) bond motifs is 1. The summed E-state index contributed by atoms with van der Waals surface area (Å²) in [5.74, 6) is 1.22. The highest BCUT2D eigenvalue weighted by atomic mass is 16.6. The van der Waals surface area contributed by atoms with E-state index in [9.17, 15) is 4.79 Å². The van der Waals surface area contributed by atoms with Crippen LogP contribution in [0.15, 0.2) is 29.4 Å². The van der Waals surface area contributed by atoms with Crippen molar-refractivity contribution in [2.75, 3.05) is 13.1 Å². The lowest BCUT2D eigenvalue weighted by Gasteiger charge is -2.22. The Morgan fingerprint density at radius 2 is 2.21 bits per heavy atom. The maximum absolute atomic E-state index is 12.6. The number of H-pyrrole nitrogens is 1. The third-order valence-electron chi connectivity index (χ3n) is 4.38. The second kappa shape index (κ2) is 7.03. The van der Waals surface area contributed by atoms with Crippen LogP contribution in [0.4, 0.5) is 0 Å². The molecule has 1 N–H and O–H groups in total. The Hall–Kier alpha value is -2.37. The van der Waals surface area contributed by atoms with E-state index in [1.807, 2.05) is 36.1 Å². The molecule has 1 aromatic carbocycles. The number of likely N-dealkylation sites (N-methyl/N-ethyl adjacent to an activating group) is 1. The molecule has 3 rings (SSSR count). The molecule has 6 nitrogen and oxygen atoms in total. The van der Waals surface area contributed by atoms with Crippen LogP contribution >= 0.6 is 0 Å². The van der Waals surface area contributed by atoms with Gasteiger partial charge in [0.2, 0.25) is 6.10 Å². The van der Waals surface area contributed by atoms with Gasteiger partial charge in [-0.25, -0.2) is 4.98 Å². The number of rotatable bonds is 6. The van der Waals surface area contributed by atoms with Gasteiger partial charge in [-0.15, -0.1) is 0 Å². The lowest BCUT2D eigenvalue weighted by atomic mass is 10.0. The van der Waals surface area contributed by atoms with Crippen molar-refractivity contribution in [2.24, 2.45) is 11.1 Å². The van der Waals surface area contributed by atoms with Crippen molar-refractivity contribution in [1.82, 2.24) is 14.9 Å². The van der Waals surface area contributed by atoms with Gasteiger partial charge in [0.05, 0.1) is 16.7 Å². The summed E-state index contributed by atoms with van der Waals surface area (Å²) >= 11 is 0. The molecule has 1 aromatic heterocycles. The van der Waals surface area contributed by atoms with Crippen molar-refractivity contribution < 1.29 is 9.63 Å². The first-order valence-electron chi connectivity index (χ1n) is 8.53. The number of imidazole rings is 1. The molecule has 24 heavy (non-hydrogen) atoms. The highest BCUT2D eigenvalue weighted by molar-refractivity contribution is 5.93. The Morgan fingerprint density at radius 1 is 1.42 bits per heavy atom. The highest BCUT2D eigenvalue weighted by Crippen LogP contribution is 2.18. The van der Waals surface area contributed by atoms with Crippen LogP contribution in [0.25, 0.3) is 11.0 Å². The van der Waals surface area contributed by atoms with Crippen LogP contribution in [0.3, 0.4) is 0 Å². The van der Waals surface area contributed by atoms with E-state index in [2.05, 4.69) is 29.0 Å². The molecule has 0 radical (unpaired) electrons. The smallest absolute Gasteiger partial charge is 0.266 e. The van der Waals surface area contributed by atoms with E-state index in [-0.39, 0.29) is 5.91 Å². The average molecular weight is 328 g/mol. The number of oxime groups is 1. The van der Waals surface area contributed by atoms with Crippen LogP contribution < -0.4 is 0 Å². The van der Waals surface area contributed by atoms with E-state index < -0.39 is 6.10 Å². The highest BCUT2D eigenvalue weighted by Gasteiger charge is 2.32. The van der Waals surface area contributed by atoms with Gasteiger partial charge in [-0.2, -0.15) is 0 Å². The summed E-state index contributed by atoms with van der Waals surface area (Å²) in [5, 5.41) is 4.05. The largest absolute Gasteiger partial charge is 0.382 e. The molecular weight excluding hydrogens is 304 g/mol. The maximum Gasteiger partial charge on any atom is 0.266 e. The van der Waals surface area contributed by atoms with Gasteiger partial charge in [0.25, 0.3) is 5.91 Å². The summed E-state index contributed by atoms with van der Waals surface area (Å²) in [6, 6.07) is 7.94. The zero-order chi connectivity index (χ0) is 17.1. The first-order valence-corrected chi connectivity index (χ1v) is 8.53. The second-order valence-corrected chi connectivity index (χ2v) is 6.40. The Bertz CT molecular complexity index is 717. The number of hydrogen-bond donors (Lipinski definition) is 1. The molecule has 0 fully saturated rings. The lowest BCUT2D eigenvalue weighted by molar-refractivity contribution is -0.141. The number of carbonyl (C=O) groups excluding carboxylic acids is 1. The minimum absolute atomic E-state index is 0.00742. The first kappa shape index (κ1) is 16.5. The topological polar surface area (TPSA) is 70.6 Å². The second-order valence-electron chi connectivity index (χ2n) is 6.40. The summed E-state index contributed by atoms with van der Waals surface area (Å²) in [5.41, 5.74) is 2.94. The van der Waals surface area contributed by atoms with Gasteiger partial charge in [-0.1, -0.05) is 31.1 Å². The molecule has 1 atom stereocenters. The van der Waals surface area contributed by atoms with Crippen LogP contribution in [0, 0.1) is 5.92 Å². The van der Waals surface area contributed by atoms with Crippen LogP contribution in [-0.4, -0.2) is 45.7 Å². The molecule has 0 spiro atoms. The van der Waals surface area contributed by atoms with Gasteiger partial charge in [0.15, 0.2) is 0 Å². The number of carbonyl (C=O) groups is 1. The number of aromatic amines is 1. The summed E-state index contributed by atoms with van der Waals surface area (Å²) < 4.78 is 0. The quantitative estimate of drug-likeness (QED) is 0.886. The van der Waals surface area contributed by atoms with Crippen molar-refractivity contribution >= 4 is 22.7 Å². The summed E-state index contributed by atoms with van der Waals surface area (Å²) in [4.78, 5) is 27.7. The van der Waals surface area contributed by atoms with E-state index in [4.69, 9.17) is 4.84 Å². The maximum atomic E-state index is 12.6. The summed E-state index contributed by atoms with van der Waals surface area (Å²) in [6.45, 7) is 7.38. The van der Waals surface area contributed by atoms with E-state index in [0.29, 0.717) is 31.8 Å². The number of nitrogens with one attached hydrogen (secondary N) is 1. The zero-order valence-electron chi connectivity index (χ0n) is 14.5. The van der Waals surface area contributed by atoms with Crippen molar-refractivity contribution in [1.29, 1.82) is 0 Å². The summed E-state index contributed by atoms with van der Waals surface area (Å²) in [6.07, 6.45) is 0.814. The number of aromatic nitrogens is 2. The zero-order valence-corrected chi connectivity index (χ0v) is 14.5. The molecule has 1 amide bonds. The Kier molecular flexibility index (Phi) is 4.83. The van der Waals surface area contributed by atoms with Crippen molar-refractivity contribution in [3.05, 3.63) is 30.1 Å². The number of amides is 1. The monoisotopic (exact) mass is 328 g/mol. The van der Waals surface area contributed by atoms with Gasteiger partial charge in [0.1, 0.15) is 5.82 Å². The molecule has 128 valence electrons. The minimum Gasteiger partial charge on any atom is -0.382 e. The molecule has 0 saturated carbocycles. The molecule has 6 heteroatoms.